The predicted octanol–water partition coefficient (Wildman–Crippen LogP) is 9.20. The van der Waals surface area contributed by atoms with Crippen molar-refractivity contribution in [3.8, 4) is 44.8 Å². The van der Waals surface area contributed by atoms with E-state index in [1.807, 2.05) is 134 Å². The number of carbonyl (C=O) groups excluding carboxylic acids is 4. The van der Waals surface area contributed by atoms with Crippen LogP contribution in [0.25, 0.3) is 44.8 Å². The number of para-hydroxylation sites is 2. The van der Waals surface area contributed by atoms with Gasteiger partial charge in [0.2, 0.25) is 0 Å². The SMILES string of the molecule is CC(C)c1c(C(=O)Nc2ccccc2)c(-c2ccccc2)c(-c2ccc(F)cc2)n1CC[C@@H](O)C[C@@H](O)CC(=O)[O-].CC(C)c1c(C(=O)Nc2ccccc2)c(-c2ccccc2)c(-c2ccc(F)cc2)n1CC[C@H](O)C[C@H](O)CC(=O)[O-].[Ca+2].[Ca]. The van der Waals surface area contributed by atoms with Crippen LogP contribution in [-0.2, 0) is 22.7 Å². The van der Waals surface area contributed by atoms with Gasteiger partial charge in [-0.2, -0.15) is 0 Å². The molecule has 6 N–H and O–H groups in total. The maximum absolute atomic E-state index is 14.0. The van der Waals surface area contributed by atoms with Gasteiger partial charge in [-0.1, -0.05) is 125 Å². The molecule has 2 radical (unpaired) electrons. The first kappa shape index (κ1) is 68.8. The van der Waals surface area contributed by atoms with Gasteiger partial charge in [0.25, 0.3) is 11.8 Å². The number of hydrogen-bond donors (Lipinski definition) is 6. The number of halogens is 2. The smallest absolute Gasteiger partial charge is 0.550 e. The van der Waals surface area contributed by atoms with E-state index in [9.17, 15) is 58.6 Å². The molecule has 0 bridgehead atoms. The third-order valence-corrected chi connectivity index (χ3v) is 13.8. The van der Waals surface area contributed by atoms with Crippen LogP contribution in [0.15, 0.2) is 170 Å². The number of aromatic nitrogens is 2. The summed E-state index contributed by atoms with van der Waals surface area (Å²) in [4.78, 5) is 49.8. The largest absolute Gasteiger partial charge is 2.00 e. The fourth-order valence-corrected chi connectivity index (χ4v) is 10.4. The molecule has 0 saturated heterocycles. The Morgan fingerprint density at radius 2 is 0.750 bits per heavy atom. The van der Waals surface area contributed by atoms with Crippen molar-refractivity contribution in [1.82, 2.24) is 9.13 Å². The molecule has 0 unspecified atom stereocenters. The first-order chi connectivity index (χ1) is 39.3. The van der Waals surface area contributed by atoms with Crippen LogP contribution in [0, 0.1) is 11.6 Å². The molecule has 84 heavy (non-hydrogen) atoms. The fraction of sp³-hybridized carbons (Fsp3) is 0.273. The minimum absolute atomic E-state index is 0. The number of benzene rings is 6. The Morgan fingerprint density at radius 3 is 1.04 bits per heavy atom. The number of carboxylic acid groups (broad SMARTS) is 2. The van der Waals surface area contributed by atoms with Gasteiger partial charge in [-0.05, 0) is 133 Å². The van der Waals surface area contributed by atoms with Gasteiger partial charge in [-0.25, -0.2) is 8.78 Å². The molecule has 2 amide bonds. The standard InChI is InChI=1S/2C33H35FN2O5.2Ca/c2*1-21(2)31-30(33(41)35-25-11-7-4-8-12-25)29(22-9-5-3-6-10-22)32(23-13-15-24(34)16-14-23)36(31)18-17-26(37)19-27(38)20-28(39)40;;/h2*3-16,21,26-27,37-38H,17-20H2,1-2H3,(H,35,41)(H,39,40);;/q;;;+2/p-2/t2*26-,27-;;/m10../s1. The minimum Gasteiger partial charge on any atom is -0.550 e. The van der Waals surface area contributed by atoms with E-state index in [0.29, 0.717) is 56.1 Å². The van der Waals surface area contributed by atoms with Crippen molar-refractivity contribution in [3.63, 3.8) is 0 Å². The van der Waals surface area contributed by atoms with Gasteiger partial charge in [0.05, 0.1) is 46.9 Å². The van der Waals surface area contributed by atoms with Crippen molar-refractivity contribution in [2.24, 2.45) is 0 Å². The summed E-state index contributed by atoms with van der Waals surface area (Å²) in [6.07, 6.45) is -5.54. The van der Waals surface area contributed by atoms with E-state index in [1.54, 1.807) is 48.5 Å². The molecule has 18 heteroatoms. The number of anilines is 2. The van der Waals surface area contributed by atoms with E-state index >= 15 is 0 Å². The van der Waals surface area contributed by atoms with Gasteiger partial charge in [-0.3, -0.25) is 9.59 Å². The Kier molecular flexibility index (Phi) is 27.0. The van der Waals surface area contributed by atoms with E-state index < -0.39 is 60.8 Å². The Labute approximate surface area is 548 Å². The molecule has 14 nitrogen and oxygen atoms in total. The van der Waals surface area contributed by atoms with Crippen molar-refractivity contribution in [3.05, 3.63) is 204 Å². The van der Waals surface area contributed by atoms with Crippen molar-refractivity contribution < 1.29 is 58.6 Å². The molecule has 0 aliphatic carbocycles. The Bertz CT molecular complexity index is 3170. The summed E-state index contributed by atoms with van der Waals surface area (Å²) in [5.74, 6) is -4.41. The molecule has 2 aromatic heterocycles. The Balaban J connectivity index is 0.000000300. The summed E-state index contributed by atoms with van der Waals surface area (Å²) in [6, 6.07) is 49.4. The monoisotopic (exact) mass is 1190 g/mol. The normalized spacial score (nSPS) is 12.4. The van der Waals surface area contributed by atoms with Crippen LogP contribution < -0.4 is 20.8 Å². The van der Waals surface area contributed by atoms with E-state index in [0.717, 1.165) is 22.5 Å². The average molecular weight is 1200 g/mol. The average Bonchev–Trinajstić information content (AvgIpc) is 2.49. The predicted molar refractivity (Wildman–Crippen MR) is 321 cm³/mol. The molecular weight excluding hydrogens is 1130 g/mol. The maximum Gasteiger partial charge on any atom is 2.00 e. The zero-order valence-corrected chi connectivity index (χ0v) is 52.0. The van der Waals surface area contributed by atoms with E-state index in [4.69, 9.17) is 0 Å². The van der Waals surface area contributed by atoms with Gasteiger partial charge >= 0.3 is 37.7 Å². The molecule has 8 aromatic rings. The van der Waals surface area contributed by atoms with Crippen molar-refractivity contribution in [2.45, 2.75) is 116 Å². The Hall–Kier alpha value is -6.02. The van der Waals surface area contributed by atoms with Crippen molar-refractivity contribution >= 4 is 111 Å². The maximum atomic E-state index is 14.0. The van der Waals surface area contributed by atoms with Gasteiger partial charge in [0.1, 0.15) is 11.6 Å². The number of carboxylic acids is 2. The van der Waals surface area contributed by atoms with Crippen LogP contribution in [0.3, 0.4) is 0 Å². The molecule has 4 atom stereocenters. The van der Waals surface area contributed by atoms with Crippen molar-refractivity contribution in [1.29, 1.82) is 0 Å². The van der Waals surface area contributed by atoms with Gasteiger partial charge in [0, 0.05) is 109 Å². The summed E-state index contributed by atoms with van der Waals surface area (Å²) in [5, 5.41) is 69.2. The number of carbonyl (C=O) groups is 4. The summed E-state index contributed by atoms with van der Waals surface area (Å²) in [7, 11) is 0. The zero-order chi connectivity index (χ0) is 59.0. The second-order valence-electron chi connectivity index (χ2n) is 20.8. The zero-order valence-electron chi connectivity index (χ0n) is 47.6. The van der Waals surface area contributed by atoms with Gasteiger partial charge in [-0.15, -0.1) is 0 Å². The molecule has 6 aromatic carbocycles. The molecule has 0 aliphatic heterocycles. The van der Waals surface area contributed by atoms with Crippen LogP contribution >= 0.6 is 0 Å². The summed E-state index contributed by atoms with van der Waals surface area (Å²) >= 11 is 0. The molecule has 2 heterocycles. The number of aliphatic hydroxyl groups excluding tert-OH is 4. The van der Waals surface area contributed by atoms with Crippen LogP contribution in [0.4, 0.5) is 20.2 Å². The number of rotatable bonds is 24. The summed E-state index contributed by atoms with van der Waals surface area (Å²) < 4.78 is 32.0. The number of hydrogen-bond acceptors (Lipinski definition) is 10. The van der Waals surface area contributed by atoms with Crippen LogP contribution in [-0.4, -0.2) is 153 Å². The molecule has 0 spiro atoms. The molecule has 8 rings (SSSR count). The summed E-state index contributed by atoms with van der Waals surface area (Å²) in [5.41, 5.74) is 9.43. The van der Waals surface area contributed by atoms with E-state index in [-0.39, 0.29) is 138 Å². The van der Waals surface area contributed by atoms with Gasteiger partial charge in [0.15, 0.2) is 0 Å². The Morgan fingerprint density at radius 1 is 0.452 bits per heavy atom. The van der Waals surface area contributed by atoms with Gasteiger partial charge < -0.3 is 60.0 Å². The second kappa shape index (κ2) is 33.0. The summed E-state index contributed by atoms with van der Waals surface area (Å²) in [6.45, 7) is 8.45. The van der Waals surface area contributed by atoms with Crippen LogP contribution in [0.1, 0.15) is 110 Å². The molecule has 430 valence electrons. The third-order valence-electron chi connectivity index (χ3n) is 13.8. The number of aliphatic carboxylic acids is 2. The number of aliphatic hydroxyl groups is 4. The molecule has 0 fully saturated rings. The fourth-order valence-electron chi connectivity index (χ4n) is 10.4. The number of amides is 2. The topological polar surface area (TPSA) is 229 Å². The van der Waals surface area contributed by atoms with E-state index in [1.165, 1.54) is 24.3 Å². The van der Waals surface area contributed by atoms with E-state index in [2.05, 4.69) is 10.6 Å². The third kappa shape index (κ3) is 18.5. The number of nitrogens with one attached hydrogen (secondary N) is 2. The quantitative estimate of drug-likeness (QED) is 0.0314. The first-order valence-electron chi connectivity index (χ1n) is 27.3. The first-order valence-corrected chi connectivity index (χ1v) is 27.3. The molecular formula is C66H68Ca2F2N4O10. The van der Waals surface area contributed by atoms with Crippen LogP contribution in [0.5, 0.6) is 0 Å². The minimum atomic E-state index is -1.39. The second-order valence-corrected chi connectivity index (χ2v) is 20.8. The van der Waals surface area contributed by atoms with Crippen LogP contribution in [0.2, 0.25) is 0 Å². The molecule has 0 aliphatic rings. The number of nitrogens with zero attached hydrogens (tertiary/aromatic N) is 2. The van der Waals surface area contributed by atoms with Crippen molar-refractivity contribution in [2.75, 3.05) is 10.6 Å². The molecule has 0 saturated carbocycles.